The summed E-state index contributed by atoms with van der Waals surface area (Å²) in [6.45, 7) is 1.94. The number of hydrogen-bond acceptors (Lipinski definition) is 2. The second-order valence-electron chi connectivity index (χ2n) is 5.50. The fraction of sp³-hybridized carbons (Fsp3) is 0.105. The molecule has 22 heavy (non-hydrogen) atoms. The highest BCUT2D eigenvalue weighted by atomic mass is 16.3. The van der Waals surface area contributed by atoms with E-state index in [4.69, 9.17) is 9.40 Å². The second kappa shape index (κ2) is 4.88. The highest BCUT2D eigenvalue weighted by molar-refractivity contribution is 5.96. The minimum Gasteiger partial charge on any atom is -0.462 e. The van der Waals surface area contributed by atoms with Gasteiger partial charge in [0.05, 0.1) is 11.0 Å². The number of fused-ring (bicyclic) bond motifs is 2. The molecule has 4 rings (SSSR count). The van der Waals surface area contributed by atoms with Gasteiger partial charge in [0, 0.05) is 7.05 Å². The third kappa shape index (κ3) is 2.11. The maximum atomic E-state index is 5.56. The van der Waals surface area contributed by atoms with Crippen LogP contribution in [0.4, 0.5) is 0 Å². The van der Waals surface area contributed by atoms with Crippen molar-refractivity contribution in [1.82, 2.24) is 9.55 Å². The molecule has 0 saturated carbocycles. The molecule has 108 valence electrons. The van der Waals surface area contributed by atoms with Crippen molar-refractivity contribution in [3.63, 3.8) is 0 Å². The van der Waals surface area contributed by atoms with Gasteiger partial charge in [0.2, 0.25) is 0 Å². The van der Waals surface area contributed by atoms with Crippen LogP contribution in [0.3, 0.4) is 0 Å². The molecule has 0 amide bonds. The van der Waals surface area contributed by atoms with Crippen molar-refractivity contribution in [2.75, 3.05) is 0 Å². The highest BCUT2D eigenvalue weighted by Gasteiger charge is 2.07. The van der Waals surface area contributed by atoms with Crippen LogP contribution in [0, 0.1) is 6.92 Å². The predicted molar refractivity (Wildman–Crippen MR) is 90.6 cm³/mol. The van der Waals surface area contributed by atoms with Gasteiger partial charge in [-0.15, -0.1) is 0 Å². The van der Waals surface area contributed by atoms with E-state index in [9.17, 15) is 0 Å². The first-order chi connectivity index (χ1) is 10.7. The molecule has 0 unspecified atom stereocenters. The Morgan fingerprint density at radius 2 is 1.77 bits per heavy atom. The van der Waals surface area contributed by atoms with E-state index in [0.717, 1.165) is 28.4 Å². The molecular weight excluding hydrogens is 272 g/mol. The maximum Gasteiger partial charge on any atom is 0.133 e. The van der Waals surface area contributed by atoms with Crippen LogP contribution in [0.25, 0.3) is 34.0 Å². The first-order valence-electron chi connectivity index (χ1n) is 7.30. The quantitative estimate of drug-likeness (QED) is 0.530. The van der Waals surface area contributed by atoms with E-state index >= 15 is 0 Å². The van der Waals surface area contributed by atoms with Crippen LogP contribution in [-0.2, 0) is 7.05 Å². The van der Waals surface area contributed by atoms with Gasteiger partial charge in [-0.2, -0.15) is 0 Å². The van der Waals surface area contributed by atoms with Crippen molar-refractivity contribution in [3.05, 3.63) is 65.9 Å². The molecule has 3 nitrogen and oxygen atoms in total. The molecule has 0 spiro atoms. The molecule has 4 aromatic rings. The lowest BCUT2D eigenvalue weighted by Crippen LogP contribution is -1.90. The molecule has 0 aliphatic carbocycles. The SMILES string of the molecule is Cc1ccc(C=Cc2nc3cc4ccccc4cc3n2C)o1. The Labute approximate surface area is 128 Å². The van der Waals surface area contributed by atoms with Gasteiger partial charge in [0.25, 0.3) is 0 Å². The van der Waals surface area contributed by atoms with E-state index in [0.29, 0.717) is 0 Å². The normalized spacial score (nSPS) is 11.9. The van der Waals surface area contributed by atoms with E-state index in [-0.39, 0.29) is 0 Å². The van der Waals surface area contributed by atoms with Gasteiger partial charge in [-0.3, -0.25) is 0 Å². The van der Waals surface area contributed by atoms with Crippen molar-refractivity contribution in [2.45, 2.75) is 6.92 Å². The van der Waals surface area contributed by atoms with E-state index in [1.54, 1.807) is 0 Å². The van der Waals surface area contributed by atoms with Crippen LogP contribution in [0.1, 0.15) is 17.3 Å². The first kappa shape index (κ1) is 12.9. The molecule has 0 atom stereocenters. The molecule has 0 radical (unpaired) electrons. The Kier molecular flexibility index (Phi) is 2.86. The molecule has 0 aliphatic heterocycles. The molecule has 0 saturated heterocycles. The molecule has 3 heteroatoms. The van der Waals surface area contributed by atoms with Crippen molar-refractivity contribution < 1.29 is 4.42 Å². The number of benzene rings is 2. The summed E-state index contributed by atoms with van der Waals surface area (Å²) in [6.07, 6.45) is 3.94. The minimum absolute atomic E-state index is 0.842. The smallest absolute Gasteiger partial charge is 0.133 e. The number of imidazole rings is 1. The van der Waals surface area contributed by atoms with Gasteiger partial charge in [0.1, 0.15) is 17.3 Å². The lowest BCUT2D eigenvalue weighted by molar-refractivity contribution is 0.525. The summed E-state index contributed by atoms with van der Waals surface area (Å²) in [4.78, 5) is 4.72. The summed E-state index contributed by atoms with van der Waals surface area (Å²) in [5, 5.41) is 2.44. The van der Waals surface area contributed by atoms with Crippen LogP contribution < -0.4 is 0 Å². The van der Waals surface area contributed by atoms with Crippen LogP contribution in [0.15, 0.2) is 52.9 Å². The zero-order valence-electron chi connectivity index (χ0n) is 12.6. The number of hydrogen-bond donors (Lipinski definition) is 0. The topological polar surface area (TPSA) is 31.0 Å². The fourth-order valence-electron chi connectivity index (χ4n) is 2.75. The van der Waals surface area contributed by atoms with Crippen molar-refractivity contribution >= 4 is 34.0 Å². The van der Waals surface area contributed by atoms with Gasteiger partial charge < -0.3 is 8.98 Å². The molecule has 0 N–H and O–H groups in total. The zero-order valence-corrected chi connectivity index (χ0v) is 12.6. The summed E-state index contributed by atoms with van der Waals surface area (Å²) in [5.74, 6) is 2.67. The van der Waals surface area contributed by atoms with Gasteiger partial charge >= 0.3 is 0 Å². The van der Waals surface area contributed by atoms with Gasteiger partial charge in [-0.05, 0) is 54.1 Å². The summed E-state index contributed by atoms with van der Waals surface area (Å²) in [6, 6.07) is 16.6. The molecular formula is C19H16N2O. The van der Waals surface area contributed by atoms with Gasteiger partial charge in [0.15, 0.2) is 0 Å². The van der Waals surface area contributed by atoms with Gasteiger partial charge in [-0.25, -0.2) is 4.98 Å². The highest BCUT2D eigenvalue weighted by Crippen LogP contribution is 2.23. The van der Waals surface area contributed by atoms with Crippen LogP contribution >= 0.6 is 0 Å². The number of aromatic nitrogens is 2. The van der Waals surface area contributed by atoms with Crippen molar-refractivity contribution in [2.24, 2.45) is 7.05 Å². The number of aryl methyl sites for hydroxylation is 2. The average Bonchev–Trinajstić information content (AvgIpc) is 3.07. The zero-order chi connectivity index (χ0) is 15.1. The third-order valence-corrected chi connectivity index (χ3v) is 3.94. The Morgan fingerprint density at radius 3 is 2.50 bits per heavy atom. The fourth-order valence-corrected chi connectivity index (χ4v) is 2.75. The molecule has 0 fully saturated rings. The van der Waals surface area contributed by atoms with E-state index in [1.807, 2.05) is 38.3 Å². The number of furan rings is 1. The number of rotatable bonds is 2. The molecule has 2 aromatic heterocycles. The minimum atomic E-state index is 0.842. The van der Waals surface area contributed by atoms with E-state index in [1.165, 1.54) is 10.8 Å². The summed E-state index contributed by atoms with van der Waals surface area (Å²) >= 11 is 0. The van der Waals surface area contributed by atoms with Crippen LogP contribution in [0.2, 0.25) is 0 Å². The Hall–Kier alpha value is -2.81. The predicted octanol–water partition coefficient (Wildman–Crippen LogP) is 4.80. The average molecular weight is 288 g/mol. The van der Waals surface area contributed by atoms with E-state index < -0.39 is 0 Å². The Morgan fingerprint density at radius 1 is 1.00 bits per heavy atom. The largest absolute Gasteiger partial charge is 0.462 e. The number of nitrogens with zero attached hydrogens (tertiary/aromatic N) is 2. The Bertz CT molecular complexity index is 1000. The molecule has 2 aromatic carbocycles. The Balaban J connectivity index is 1.82. The standard InChI is InChI=1S/C19H16N2O/c1-13-7-8-16(22-13)9-10-19-20-17-11-14-5-3-4-6-15(14)12-18(17)21(19)2/h3-12H,1-2H3. The second-order valence-corrected chi connectivity index (χ2v) is 5.50. The summed E-state index contributed by atoms with van der Waals surface area (Å²) in [5.41, 5.74) is 2.14. The molecule has 2 heterocycles. The van der Waals surface area contributed by atoms with Gasteiger partial charge in [-0.1, -0.05) is 24.3 Å². The summed E-state index contributed by atoms with van der Waals surface area (Å²) in [7, 11) is 2.04. The lowest BCUT2D eigenvalue weighted by atomic mass is 10.1. The van der Waals surface area contributed by atoms with Crippen LogP contribution in [-0.4, -0.2) is 9.55 Å². The lowest BCUT2D eigenvalue weighted by Gasteiger charge is -1.99. The first-order valence-corrected chi connectivity index (χ1v) is 7.30. The van der Waals surface area contributed by atoms with Crippen molar-refractivity contribution in [3.8, 4) is 0 Å². The van der Waals surface area contributed by atoms with Crippen molar-refractivity contribution in [1.29, 1.82) is 0 Å². The van der Waals surface area contributed by atoms with E-state index in [2.05, 4.69) is 41.0 Å². The monoisotopic (exact) mass is 288 g/mol. The van der Waals surface area contributed by atoms with Crippen LogP contribution in [0.5, 0.6) is 0 Å². The third-order valence-electron chi connectivity index (χ3n) is 3.94. The summed E-state index contributed by atoms with van der Waals surface area (Å²) < 4.78 is 7.66. The maximum absolute atomic E-state index is 5.56. The molecule has 0 bridgehead atoms. The molecule has 0 aliphatic rings.